The lowest BCUT2D eigenvalue weighted by Gasteiger charge is -2.10. The van der Waals surface area contributed by atoms with Crippen LogP contribution >= 0.6 is 12.2 Å². The third-order valence-electron chi connectivity index (χ3n) is 4.26. The Labute approximate surface area is 194 Å². The zero-order valence-electron chi connectivity index (χ0n) is 17.2. The number of hydrogen-bond donors (Lipinski definition) is 4. The SMILES string of the molecule is O=C(/C=C/c1ccc(F)cc1)NC(=S)NNC(=O)c1ccc(NC(=O)c2ccccc2)cc1. The molecule has 33 heavy (non-hydrogen) atoms. The van der Waals surface area contributed by atoms with Crippen LogP contribution in [0.25, 0.3) is 6.08 Å². The summed E-state index contributed by atoms with van der Waals surface area (Å²) in [7, 11) is 0. The largest absolute Gasteiger partial charge is 0.322 e. The number of halogens is 1. The lowest BCUT2D eigenvalue weighted by Crippen LogP contribution is -2.48. The van der Waals surface area contributed by atoms with Gasteiger partial charge in [-0.2, -0.15) is 0 Å². The maximum Gasteiger partial charge on any atom is 0.269 e. The fourth-order valence-corrected chi connectivity index (χ4v) is 2.77. The molecule has 0 unspecified atom stereocenters. The number of hydrogen-bond acceptors (Lipinski definition) is 4. The van der Waals surface area contributed by atoms with Gasteiger partial charge >= 0.3 is 0 Å². The molecule has 166 valence electrons. The topological polar surface area (TPSA) is 99.3 Å². The number of thiocarbonyl (C=S) groups is 1. The van der Waals surface area contributed by atoms with Crippen molar-refractivity contribution in [3.8, 4) is 0 Å². The maximum absolute atomic E-state index is 12.9. The van der Waals surface area contributed by atoms with Crippen molar-refractivity contribution < 1.29 is 18.8 Å². The van der Waals surface area contributed by atoms with Gasteiger partial charge in [-0.1, -0.05) is 30.3 Å². The van der Waals surface area contributed by atoms with E-state index in [1.165, 1.54) is 48.6 Å². The molecule has 0 saturated carbocycles. The van der Waals surface area contributed by atoms with Crippen molar-refractivity contribution in [3.63, 3.8) is 0 Å². The highest BCUT2D eigenvalue weighted by molar-refractivity contribution is 7.80. The van der Waals surface area contributed by atoms with Crippen molar-refractivity contribution in [2.75, 3.05) is 5.32 Å². The van der Waals surface area contributed by atoms with E-state index in [4.69, 9.17) is 12.2 Å². The van der Waals surface area contributed by atoms with Gasteiger partial charge in [0.1, 0.15) is 5.82 Å². The van der Waals surface area contributed by atoms with Crippen molar-refractivity contribution in [2.24, 2.45) is 0 Å². The van der Waals surface area contributed by atoms with Crippen molar-refractivity contribution >= 4 is 46.8 Å². The highest BCUT2D eigenvalue weighted by atomic mass is 32.1. The molecule has 4 N–H and O–H groups in total. The van der Waals surface area contributed by atoms with Crippen LogP contribution in [-0.4, -0.2) is 22.8 Å². The minimum absolute atomic E-state index is 0.108. The van der Waals surface area contributed by atoms with E-state index >= 15 is 0 Å². The predicted molar refractivity (Wildman–Crippen MR) is 128 cm³/mol. The van der Waals surface area contributed by atoms with Crippen molar-refractivity contribution in [1.29, 1.82) is 0 Å². The number of hydrazine groups is 1. The Balaban J connectivity index is 1.44. The van der Waals surface area contributed by atoms with Gasteiger partial charge in [0.15, 0.2) is 5.11 Å². The van der Waals surface area contributed by atoms with Gasteiger partial charge in [-0.15, -0.1) is 0 Å². The zero-order chi connectivity index (χ0) is 23.6. The van der Waals surface area contributed by atoms with Crippen molar-refractivity contribution in [1.82, 2.24) is 16.2 Å². The molecule has 0 atom stereocenters. The summed E-state index contributed by atoms with van der Waals surface area (Å²) < 4.78 is 12.9. The second-order valence-electron chi connectivity index (χ2n) is 6.68. The number of amides is 3. The first-order valence-corrected chi connectivity index (χ1v) is 10.1. The Hall–Kier alpha value is -4.37. The Kier molecular flexibility index (Phi) is 7.98. The molecule has 0 heterocycles. The molecule has 3 aromatic carbocycles. The highest BCUT2D eigenvalue weighted by Gasteiger charge is 2.09. The molecular formula is C24H19FN4O3S. The van der Waals surface area contributed by atoms with Crippen LogP contribution in [0.1, 0.15) is 26.3 Å². The molecule has 0 radical (unpaired) electrons. The van der Waals surface area contributed by atoms with E-state index in [0.29, 0.717) is 22.4 Å². The summed E-state index contributed by atoms with van der Waals surface area (Å²) >= 11 is 4.97. The smallest absolute Gasteiger partial charge is 0.269 e. The van der Waals surface area contributed by atoms with Gasteiger partial charge < -0.3 is 5.32 Å². The number of nitrogens with one attached hydrogen (secondary N) is 4. The van der Waals surface area contributed by atoms with E-state index in [1.54, 1.807) is 36.4 Å². The van der Waals surface area contributed by atoms with E-state index in [1.807, 2.05) is 6.07 Å². The highest BCUT2D eigenvalue weighted by Crippen LogP contribution is 2.11. The van der Waals surface area contributed by atoms with Crippen molar-refractivity contribution in [3.05, 3.63) is 107 Å². The molecule has 0 bridgehead atoms. The first-order valence-electron chi connectivity index (χ1n) is 9.72. The fraction of sp³-hybridized carbons (Fsp3) is 0. The fourth-order valence-electron chi connectivity index (χ4n) is 2.61. The summed E-state index contributed by atoms with van der Waals surface area (Å²) in [6.07, 6.45) is 2.72. The molecule has 0 aromatic heterocycles. The molecular weight excluding hydrogens is 443 g/mol. The minimum Gasteiger partial charge on any atom is -0.322 e. The average molecular weight is 463 g/mol. The minimum atomic E-state index is -0.524. The van der Waals surface area contributed by atoms with Gasteiger partial charge in [0.25, 0.3) is 11.8 Å². The van der Waals surface area contributed by atoms with Crippen molar-refractivity contribution in [2.45, 2.75) is 0 Å². The molecule has 0 fully saturated rings. The van der Waals surface area contributed by atoms with E-state index in [-0.39, 0.29) is 16.8 Å². The molecule has 7 nitrogen and oxygen atoms in total. The maximum atomic E-state index is 12.9. The Morgan fingerprint density at radius 3 is 2.06 bits per heavy atom. The van der Waals surface area contributed by atoms with Gasteiger partial charge in [-0.25, -0.2) is 4.39 Å². The predicted octanol–water partition coefficient (Wildman–Crippen LogP) is 3.43. The number of carbonyl (C=O) groups excluding carboxylic acids is 3. The molecule has 9 heteroatoms. The van der Waals surface area contributed by atoms with Gasteiger partial charge in [0.05, 0.1) is 0 Å². The van der Waals surface area contributed by atoms with Gasteiger partial charge in [0.2, 0.25) is 5.91 Å². The summed E-state index contributed by atoms with van der Waals surface area (Å²) in [4.78, 5) is 36.3. The van der Waals surface area contributed by atoms with Crippen LogP contribution in [0.5, 0.6) is 0 Å². The molecule has 0 aliphatic heterocycles. The molecule has 0 aliphatic rings. The van der Waals surface area contributed by atoms with Crippen LogP contribution in [0.3, 0.4) is 0 Å². The van der Waals surface area contributed by atoms with Gasteiger partial charge in [-0.3, -0.25) is 30.6 Å². The number of rotatable bonds is 5. The van der Waals surface area contributed by atoms with E-state index in [2.05, 4.69) is 21.5 Å². The molecule has 3 aromatic rings. The third-order valence-corrected chi connectivity index (χ3v) is 4.47. The van der Waals surface area contributed by atoms with Crippen LogP contribution in [0.2, 0.25) is 0 Å². The Bertz CT molecular complexity index is 1180. The van der Waals surface area contributed by atoms with Crippen LogP contribution in [0, 0.1) is 5.82 Å². The average Bonchev–Trinajstić information content (AvgIpc) is 2.83. The summed E-state index contributed by atoms with van der Waals surface area (Å²) in [5.74, 6) is -1.65. The molecule has 0 spiro atoms. The standard InChI is InChI=1S/C24H19FN4O3S/c25-19-11-6-16(7-12-19)8-15-21(30)27-24(33)29-28-23(32)18-9-13-20(14-10-18)26-22(31)17-4-2-1-3-5-17/h1-15H,(H,26,31)(H,28,32)(H2,27,29,30,33)/b15-8+. The van der Waals surface area contributed by atoms with Crippen LogP contribution < -0.4 is 21.5 Å². The quantitative estimate of drug-likeness (QED) is 0.265. The van der Waals surface area contributed by atoms with Crippen LogP contribution in [0.4, 0.5) is 10.1 Å². The molecule has 0 aliphatic carbocycles. The molecule has 3 rings (SSSR count). The summed E-state index contributed by atoms with van der Waals surface area (Å²) in [5.41, 5.74) is 6.81. The van der Waals surface area contributed by atoms with Crippen LogP contribution in [-0.2, 0) is 4.79 Å². The molecule has 0 saturated heterocycles. The van der Waals surface area contributed by atoms with Crippen LogP contribution in [0.15, 0.2) is 84.9 Å². The van der Waals surface area contributed by atoms with E-state index < -0.39 is 11.8 Å². The second kappa shape index (κ2) is 11.3. The first kappa shape index (κ1) is 23.3. The summed E-state index contributed by atoms with van der Waals surface area (Å²) in [6, 6.07) is 20.6. The summed E-state index contributed by atoms with van der Waals surface area (Å²) in [6.45, 7) is 0. The van der Waals surface area contributed by atoms with E-state index in [9.17, 15) is 18.8 Å². The van der Waals surface area contributed by atoms with Gasteiger partial charge in [-0.05, 0) is 72.4 Å². The molecule has 3 amide bonds. The normalized spacial score (nSPS) is 10.3. The lowest BCUT2D eigenvalue weighted by atomic mass is 10.2. The zero-order valence-corrected chi connectivity index (χ0v) is 18.0. The summed E-state index contributed by atoms with van der Waals surface area (Å²) in [5, 5.41) is 5.01. The Morgan fingerprint density at radius 1 is 0.758 bits per heavy atom. The second-order valence-corrected chi connectivity index (χ2v) is 7.09. The third kappa shape index (κ3) is 7.37. The number of carbonyl (C=O) groups is 3. The van der Waals surface area contributed by atoms with Gasteiger partial charge in [0, 0.05) is 22.9 Å². The lowest BCUT2D eigenvalue weighted by molar-refractivity contribution is -0.115. The number of anilines is 1. The number of benzene rings is 3. The Morgan fingerprint density at radius 2 is 1.39 bits per heavy atom. The monoisotopic (exact) mass is 462 g/mol. The first-order chi connectivity index (χ1) is 15.9. The van der Waals surface area contributed by atoms with E-state index in [0.717, 1.165) is 0 Å².